The highest BCUT2D eigenvalue weighted by Gasteiger charge is 2.16. The molecule has 2 aromatic heterocycles. The van der Waals surface area contributed by atoms with E-state index in [-0.39, 0.29) is 11.7 Å². The summed E-state index contributed by atoms with van der Waals surface area (Å²) in [5.41, 5.74) is 1.55. The van der Waals surface area contributed by atoms with E-state index in [0.717, 1.165) is 0 Å². The number of thiophene rings is 1. The lowest BCUT2D eigenvalue weighted by atomic mass is 10.2. The quantitative estimate of drug-likeness (QED) is 0.313. The van der Waals surface area contributed by atoms with Gasteiger partial charge in [0.25, 0.3) is 11.8 Å². The Morgan fingerprint density at radius 1 is 0.969 bits per heavy atom. The van der Waals surface area contributed by atoms with Gasteiger partial charge in [-0.05, 0) is 53.9 Å². The molecule has 0 bridgehead atoms. The van der Waals surface area contributed by atoms with Crippen molar-refractivity contribution >= 4 is 57.7 Å². The molecule has 162 valence electrons. The second-order valence-electron chi connectivity index (χ2n) is 6.59. The number of ether oxygens (including phenoxy) is 1. The van der Waals surface area contributed by atoms with E-state index in [1.165, 1.54) is 18.4 Å². The number of hydrogen-bond donors (Lipinski definition) is 2. The number of nitrogens with one attached hydrogen (secondary N) is 2. The predicted molar refractivity (Wildman–Crippen MR) is 127 cm³/mol. The zero-order chi connectivity index (χ0) is 22.7. The molecular formula is C23H16Cl2N2O4S. The van der Waals surface area contributed by atoms with Crippen molar-refractivity contribution in [2.45, 2.75) is 0 Å². The van der Waals surface area contributed by atoms with Gasteiger partial charge in [0.1, 0.15) is 11.5 Å². The molecule has 32 heavy (non-hydrogen) atoms. The molecule has 2 N–H and O–H groups in total. The van der Waals surface area contributed by atoms with Crippen molar-refractivity contribution in [1.29, 1.82) is 0 Å². The van der Waals surface area contributed by atoms with Crippen LogP contribution in [0.15, 0.2) is 70.5 Å². The fourth-order valence-electron chi connectivity index (χ4n) is 2.95. The molecule has 4 rings (SSSR count). The van der Waals surface area contributed by atoms with Crippen LogP contribution in [0.1, 0.15) is 20.2 Å². The van der Waals surface area contributed by atoms with Crippen molar-refractivity contribution < 1.29 is 18.7 Å². The first-order valence-corrected chi connectivity index (χ1v) is 11.0. The van der Waals surface area contributed by atoms with Crippen molar-refractivity contribution in [3.05, 3.63) is 86.7 Å². The maximum absolute atomic E-state index is 12.7. The molecule has 0 saturated carbocycles. The van der Waals surface area contributed by atoms with Gasteiger partial charge in [-0.3, -0.25) is 9.59 Å². The van der Waals surface area contributed by atoms with Gasteiger partial charge in [0.2, 0.25) is 0 Å². The molecule has 0 fully saturated rings. The summed E-state index contributed by atoms with van der Waals surface area (Å²) >= 11 is 13.6. The van der Waals surface area contributed by atoms with Crippen LogP contribution in [0.25, 0.3) is 11.3 Å². The topological polar surface area (TPSA) is 80.6 Å². The Kier molecular flexibility index (Phi) is 6.50. The summed E-state index contributed by atoms with van der Waals surface area (Å²) in [6.45, 7) is 0. The minimum atomic E-state index is -0.452. The normalized spacial score (nSPS) is 10.6. The van der Waals surface area contributed by atoms with Gasteiger partial charge in [-0.1, -0.05) is 29.3 Å². The summed E-state index contributed by atoms with van der Waals surface area (Å²) in [7, 11) is 1.48. The van der Waals surface area contributed by atoms with Crippen LogP contribution in [0.4, 0.5) is 11.4 Å². The van der Waals surface area contributed by atoms with E-state index in [9.17, 15) is 9.59 Å². The third-order valence-electron chi connectivity index (χ3n) is 4.48. The Morgan fingerprint density at radius 3 is 2.56 bits per heavy atom. The molecule has 4 aromatic rings. The lowest BCUT2D eigenvalue weighted by Crippen LogP contribution is -2.13. The monoisotopic (exact) mass is 486 g/mol. The number of halogens is 2. The molecule has 9 heteroatoms. The molecule has 2 aromatic carbocycles. The van der Waals surface area contributed by atoms with Gasteiger partial charge in [0, 0.05) is 22.3 Å². The third-order valence-corrected chi connectivity index (χ3v) is 5.91. The van der Waals surface area contributed by atoms with E-state index in [0.29, 0.717) is 43.4 Å². The average molecular weight is 487 g/mol. The molecule has 0 atom stereocenters. The van der Waals surface area contributed by atoms with E-state index in [1.807, 2.05) is 5.38 Å². The molecule has 0 aliphatic rings. The maximum atomic E-state index is 12.7. The lowest BCUT2D eigenvalue weighted by molar-refractivity contribution is 0.0995. The molecule has 0 spiro atoms. The first kappa shape index (κ1) is 22.0. The van der Waals surface area contributed by atoms with Crippen LogP contribution in [-0.4, -0.2) is 18.9 Å². The second kappa shape index (κ2) is 9.48. The number of benzene rings is 2. The van der Waals surface area contributed by atoms with Gasteiger partial charge < -0.3 is 19.8 Å². The van der Waals surface area contributed by atoms with Crippen molar-refractivity contribution in [2.24, 2.45) is 0 Å². The number of carbonyl (C=O) groups is 2. The Bertz CT molecular complexity index is 1290. The summed E-state index contributed by atoms with van der Waals surface area (Å²) < 4.78 is 11.0. The average Bonchev–Trinajstić information content (AvgIpc) is 3.49. The van der Waals surface area contributed by atoms with Crippen LogP contribution in [0, 0.1) is 0 Å². The van der Waals surface area contributed by atoms with Crippen LogP contribution in [-0.2, 0) is 0 Å². The standard InChI is InChI=1S/C23H16Cl2N2O4S/c1-30-20-12-14(5-7-17(20)27-23(29)21-3-2-10-32-21)26-22(28)19-9-8-18(31-19)15-11-13(24)4-6-16(15)25/h2-12H,1H3,(H,26,28)(H,27,29). The van der Waals surface area contributed by atoms with E-state index in [4.69, 9.17) is 32.4 Å². The SMILES string of the molecule is COc1cc(NC(=O)c2ccc(-c3cc(Cl)ccc3Cl)o2)ccc1NC(=O)c1cccs1. The number of amides is 2. The van der Waals surface area contributed by atoms with Crippen LogP contribution in [0.2, 0.25) is 10.0 Å². The van der Waals surface area contributed by atoms with Gasteiger partial charge in [0.15, 0.2) is 5.76 Å². The van der Waals surface area contributed by atoms with Gasteiger partial charge in [-0.25, -0.2) is 0 Å². The highest BCUT2D eigenvalue weighted by atomic mass is 35.5. The van der Waals surface area contributed by atoms with Crippen LogP contribution >= 0.6 is 34.5 Å². The Balaban J connectivity index is 1.49. The largest absolute Gasteiger partial charge is 0.494 e. The molecule has 2 amide bonds. The van der Waals surface area contributed by atoms with Gasteiger partial charge >= 0.3 is 0 Å². The summed E-state index contributed by atoms with van der Waals surface area (Å²) in [5, 5.41) is 8.34. The van der Waals surface area contributed by atoms with E-state index >= 15 is 0 Å². The number of methoxy groups -OCH3 is 1. The predicted octanol–water partition coefficient (Wildman–Crippen LogP) is 6.83. The number of carbonyl (C=O) groups excluding carboxylic acids is 2. The smallest absolute Gasteiger partial charge is 0.291 e. The highest BCUT2D eigenvalue weighted by molar-refractivity contribution is 7.12. The minimum Gasteiger partial charge on any atom is -0.494 e. The number of anilines is 2. The first-order valence-electron chi connectivity index (χ1n) is 9.34. The maximum Gasteiger partial charge on any atom is 0.291 e. The van der Waals surface area contributed by atoms with E-state index in [1.54, 1.807) is 60.7 Å². The molecular weight excluding hydrogens is 471 g/mol. The van der Waals surface area contributed by atoms with E-state index < -0.39 is 5.91 Å². The molecule has 0 aliphatic carbocycles. The Labute approximate surface area is 197 Å². The van der Waals surface area contributed by atoms with E-state index in [2.05, 4.69) is 10.6 Å². The van der Waals surface area contributed by atoms with Crippen molar-refractivity contribution in [2.75, 3.05) is 17.7 Å². The second-order valence-corrected chi connectivity index (χ2v) is 8.38. The fourth-order valence-corrected chi connectivity index (χ4v) is 3.95. The number of rotatable bonds is 6. The first-order chi connectivity index (χ1) is 15.4. The van der Waals surface area contributed by atoms with Crippen molar-refractivity contribution in [3.8, 4) is 17.1 Å². The summed E-state index contributed by atoms with van der Waals surface area (Å²) in [6.07, 6.45) is 0. The van der Waals surface area contributed by atoms with Gasteiger partial charge in [0.05, 0.1) is 22.7 Å². The molecule has 0 unspecified atom stereocenters. The number of hydrogen-bond acceptors (Lipinski definition) is 5. The molecule has 0 saturated heterocycles. The lowest BCUT2D eigenvalue weighted by Gasteiger charge is -2.12. The third kappa shape index (κ3) is 4.80. The molecule has 0 radical (unpaired) electrons. The molecule has 0 aliphatic heterocycles. The summed E-state index contributed by atoms with van der Waals surface area (Å²) in [4.78, 5) is 25.5. The summed E-state index contributed by atoms with van der Waals surface area (Å²) in [6, 6.07) is 16.6. The van der Waals surface area contributed by atoms with Crippen LogP contribution < -0.4 is 15.4 Å². The Morgan fingerprint density at radius 2 is 1.81 bits per heavy atom. The van der Waals surface area contributed by atoms with Crippen LogP contribution in [0.5, 0.6) is 5.75 Å². The minimum absolute atomic E-state index is 0.102. The van der Waals surface area contributed by atoms with Crippen molar-refractivity contribution in [3.63, 3.8) is 0 Å². The van der Waals surface area contributed by atoms with Crippen LogP contribution in [0.3, 0.4) is 0 Å². The highest BCUT2D eigenvalue weighted by Crippen LogP contribution is 2.33. The zero-order valence-corrected chi connectivity index (χ0v) is 19.0. The van der Waals surface area contributed by atoms with Crippen molar-refractivity contribution in [1.82, 2.24) is 0 Å². The van der Waals surface area contributed by atoms with Gasteiger partial charge in [-0.2, -0.15) is 0 Å². The Hall–Kier alpha value is -3.26. The zero-order valence-electron chi connectivity index (χ0n) is 16.6. The number of furan rings is 1. The van der Waals surface area contributed by atoms with Gasteiger partial charge in [-0.15, -0.1) is 11.3 Å². The molecule has 2 heterocycles. The fraction of sp³-hybridized carbons (Fsp3) is 0.0435. The summed E-state index contributed by atoms with van der Waals surface area (Å²) in [5.74, 6) is 0.236. The molecule has 6 nitrogen and oxygen atoms in total.